The van der Waals surface area contributed by atoms with Gasteiger partial charge < -0.3 is 15.4 Å². The van der Waals surface area contributed by atoms with Crippen LogP contribution in [0.5, 0.6) is 0 Å². The molecular weight excluding hydrogens is 361 g/mol. The summed E-state index contributed by atoms with van der Waals surface area (Å²) in [5.74, 6) is 1.28. The third-order valence-electron chi connectivity index (χ3n) is 6.91. The summed E-state index contributed by atoms with van der Waals surface area (Å²) in [5, 5.41) is 0. The fourth-order valence-corrected chi connectivity index (χ4v) is 5.07. The average Bonchev–Trinajstić information content (AvgIpc) is 3.38. The number of carbonyl (C=O) groups excluding carboxylic acids is 1. The van der Waals surface area contributed by atoms with Crippen molar-refractivity contribution in [3.05, 3.63) is 0 Å². The van der Waals surface area contributed by atoms with Gasteiger partial charge in [-0.25, -0.2) is 0 Å². The van der Waals surface area contributed by atoms with Crippen LogP contribution in [0.4, 0.5) is 0 Å². The minimum absolute atomic E-state index is 0. The molecule has 2 aliphatic carbocycles. The van der Waals surface area contributed by atoms with E-state index in [1.54, 1.807) is 0 Å². The number of amides is 1. The summed E-state index contributed by atoms with van der Waals surface area (Å²) in [6.07, 6.45) is 4.99. The Morgan fingerprint density at radius 1 is 1.12 bits per heavy atom. The first kappa shape index (κ1) is 21.2. The second-order valence-corrected chi connectivity index (χ2v) is 8.67. The molecule has 1 amide bonds. The minimum atomic E-state index is -0.739. The van der Waals surface area contributed by atoms with E-state index in [1.165, 1.54) is 19.4 Å². The Bertz CT molecular complexity index is 493. The van der Waals surface area contributed by atoms with Crippen LogP contribution in [0.15, 0.2) is 0 Å². The lowest BCUT2D eigenvalue weighted by Crippen LogP contribution is -2.82. The van der Waals surface area contributed by atoms with Gasteiger partial charge in [-0.3, -0.25) is 9.69 Å². The van der Waals surface area contributed by atoms with Crippen LogP contribution in [0, 0.1) is 17.3 Å². The highest BCUT2D eigenvalue weighted by molar-refractivity contribution is 5.89. The van der Waals surface area contributed by atoms with E-state index >= 15 is 0 Å². The minimum Gasteiger partial charge on any atom is -0.377 e. The lowest BCUT2D eigenvalue weighted by atomic mass is 9.46. The van der Waals surface area contributed by atoms with Crippen molar-refractivity contribution in [2.24, 2.45) is 23.0 Å². The number of halogens is 2. The summed E-state index contributed by atoms with van der Waals surface area (Å²) in [5.41, 5.74) is 5.75. The van der Waals surface area contributed by atoms with Crippen LogP contribution < -0.4 is 5.73 Å². The fraction of sp³-hybridized carbons (Fsp3) is 0.944. The monoisotopic (exact) mass is 393 g/mol. The molecule has 0 radical (unpaired) electrons. The van der Waals surface area contributed by atoms with Crippen molar-refractivity contribution in [3.8, 4) is 0 Å². The molecule has 4 rings (SSSR count). The van der Waals surface area contributed by atoms with Gasteiger partial charge in [-0.2, -0.15) is 0 Å². The van der Waals surface area contributed by atoms with Crippen LogP contribution in [0.2, 0.25) is 0 Å². The first-order chi connectivity index (χ1) is 10.9. The molecule has 2 aliphatic heterocycles. The van der Waals surface area contributed by atoms with E-state index < -0.39 is 5.54 Å². The zero-order chi connectivity index (χ0) is 16.2. The number of rotatable bonds is 3. The van der Waals surface area contributed by atoms with Crippen LogP contribution >= 0.6 is 24.8 Å². The molecule has 3 unspecified atom stereocenters. The van der Waals surface area contributed by atoms with Gasteiger partial charge in [0.25, 0.3) is 0 Å². The molecule has 25 heavy (non-hydrogen) atoms. The molecule has 0 aromatic rings. The van der Waals surface area contributed by atoms with Gasteiger partial charge in [0.1, 0.15) is 5.54 Å². The lowest BCUT2D eigenvalue weighted by Gasteiger charge is -2.66. The van der Waals surface area contributed by atoms with E-state index in [4.69, 9.17) is 10.5 Å². The van der Waals surface area contributed by atoms with Gasteiger partial charge in [-0.15, -0.1) is 24.8 Å². The third kappa shape index (κ3) is 3.31. The molecule has 2 heterocycles. The number of nitrogens with two attached hydrogens (primary N) is 1. The molecule has 2 saturated carbocycles. The largest absolute Gasteiger partial charge is 0.377 e. The Morgan fingerprint density at radius 2 is 1.76 bits per heavy atom. The SMILES string of the molecule is CC1(C)C2OCCCC2C1(N)C(=O)N1CCN(CC2CC2)CC1.Cl.Cl. The van der Waals surface area contributed by atoms with Crippen molar-refractivity contribution in [1.82, 2.24) is 9.80 Å². The number of fused-ring (bicyclic) bond motifs is 1. The number of piperazine rings is 1. The molecule has 7 heteroatoms. The van der Waals surface area contributed by atoms with Crippen LogP contribution in [-0.4, -0.2) is 66.7 Å². The van der Waals surface area contributed by atoms with E-state index in [2.05, 4.69) is 18.7 Å². The van der Waals surface area contributed by atoms with Crippen LogP contribution in [0.1, 0.15) is 39.5 Å². The number of hydrogen-bond acceptors (Lipinski definition) is 4. The Kier molecular flexibility index (Phi) is 6.38. The Balaban J connectivity index is 0.00000113. The number of ether oxygens (including phenoxy) is 1. The van der Waals surface area contributed by atoms with Crippen molar-refractivity contribution in [1.29, 1.82) is 0 Å². The van der Waals surface area contributed by atoms with Gasteiger partial charge in [0.2, 0.25) is 5.91 Å². The zero-order valence-electron chi connectivity index (χ0n) is 15.4. The Morgan fingerprint density at radius 3 is 2.36 bits per heavy atom. The van der Waals surface area contributed by atoms with Crippen LogP contribution in [0.25, 0.3) is 0 Å². The lowest BCUT2D eigenvalue weighted by molar-refractivity contribution is -0.230. The van der Waals surface area contributed by atoms with Crippen LogP contribution in [-0.2, 0) is 9.53 Å². The maximum absolute atomic E-state index is 13.2. The average molecular weight is 394 g/mol. The maximum Gasteiger partial charge on any atom is 0.243 e. The quantitative estimate of drug-likeness (QED) is 0.795. The van der Waals surface area contributed by atoms with E-state index in [0.717, 1.165) is 51.5 Å². The molecule has 2 N–H and O–H groups in total. The van der Waals surface area contributed by atoms with Gasteiger partial charge in [-0.05, 0) is 31.6 Å². The van der Waals surface area contributed by atoms with Gasteiger partial charge >= 0.3 is 0 Å². The molecule has 146 valence electrons. The smallest absolute Gasteiger partial charge is 0.243 e. The molecule has 4 aliphatic rings. The van der Waals surface area contributed by atoms with Crippen molar-refractivity contribution >= 4 is 30.7 Å². The van der Waals surface area contributed by atoms with Gasteiger partial charge in [-0.1, -0.05) is 13.8 Å². The summed E-state index contributed by atoms with van der Waals surface area (Å²) in [4.78, 5) is 17.8. The van der Waals surface area contributed by atoms with Crippen molar-refractivity contribution < 1.29 is 9.53 Å². The maximum atomic E-state index is 13.2. The van der Waals surface area contributed by atoms with E-state index in [1.807, 2.05) is 4.90 Å². The van der Waals surface area contributed by atoms with E-state index in [0.29, 0.717) is 0 Å². The molecule has 5 nitrogen and oxygen atoms in total. The fourth-order valence-electron chi connectivity index (χ4n) is 5.07. The molecular formula is C18H33Cl2N3O2. The highest BCUT2D eigenvalue weighted by Gasteiger charge is 2.70. The summed E-state index contributed by atoms with van der Waals surface area (Å²) in [6.45, 7) is 9.93. The Labute approximate surface area is 163 Å². The summed E-state index contributed by atoms with van der Waals surface area (Å²) in [7, 11) is 0. The highest BCUT2D eigenvalue weighted by atomic mass is 35.5. The summed E-state index contributed by atoms with van der Waals surface area (Å²) in [6, 6.07) is 0. The van der Waals surface area contributed by atoms with Gasteiger partial charge in [0, 0.05) is 50.7 Å². The van der Waals surface area contributed by atoms with Crippen molar-refractivity contribution in [2.75, 3.05) is 39.3 Å². The summed E-state index contributed by atoms with van der Waals surface area (Å²) >= 11 is 0. The topological polar surface area (TPSA) is 58.8 Å². The first-order valence-electron chi connectivity index (χ1n) is 9.37. The number of nitrogens with zero attached hydrogens (tertiary/aromatic N) is 2. The van der Waals surface area contributed by atoms with Crippen molar-refractivity contribution in [2.45, 2.75) is 51.2 Å². The van der Waals surface area contributed by atoms with Crippen LogP contribution in [0.3, 0.4) is 0 Å². The zero-order valence-corrected chi connectivity index (χ0v) is 17.0. The molecule has 0 aromatic heterocycles. The standard InChI is InChI=1S/C18H31N3O2.2ClH/c1-17(2)15-14(4-3-11-23-15)18(17,19)16(22)21-9-7-20(8-10-21)12-13-5-6-13;;/h13-15H,3-12,19H2,1-2H3;2*1H. The number of hydrogen-bond donors (Lipinski definition) is 1. The van der Waals surface area contributed by atoms with Crippen molar-refractivity contribution in [3.63, 3.8) is 0 Å². The summed E-state index contributed by atoms with van der Waals surface area (Å²) < 4.78 is 5.93. The Hall–Kier alpha value is -0.0700. The molecule has 0 bridgehead atoms. The van der Waals surface area contributed by atoms with Gasteiger partial charge in [0.05, 0.1) is 6.10 Å². The second kappa shape index (κ2) is 7.51. The predicted molar refractivity (Wildman–Crippen MR) is 103 cm³/mol. The normalized spacial score (nSPS) is 37.2. The molecule has 3 atom stereocenters. The predicted octanol–water partition coefficient (Wildman–Crippen LogP) is 1.92. The second-order valence-electron chi connectivity index (χ2n) is 8.67. The number of carbonyl (C=O) groups is 1. The van der Waals surface area contributed by atoms with E-state index in [9.17, 15) is 4.79 Å². The van der Waals surface area contributed by atoms with E-state index in [-0.39, 0.29) is 48.2 Å². The molecule has 0 aromatic carbocycles. The molecule has 0 spiro atoms. The third-order valence-corrected chi connectivity index (χ3v) is 6.91. The van der Waals surface area contributed by atoms with Gasteiger partial charge in [0.15, 0.2) is 0 Å². The first-order valence-corrected chi connectivity index (χ1v) is 9.37. The highest BCUT2D eigenvalue weighted by Crippen LogP contribution is 2.58. The molecule has 2 saturated heterocycles. The molecule has 4 fully saturated rings.